The zero-order valence-electron chi connectivity index (χ0n) is 8.07. The second-order valence-electron chi connectivity index (χ2n) is 2.69. The van der Waals surface area contributed by atoms with Crippen LogP contribution in [0, 0.1) is 7.43 Å². The Morgan fingerprint density at radius 2 is 2.08 bits per heavy atom. The standard InChI is InChI=1S/C8H12N2.CH3.V/c1-7(2)4-8-5-10(3)6-9-8;;/h4-6H,1-3H3;1H3;/q;-1;. The number of hydrogen-bond donors (Lipinski definition) is 0. The number of hydrogen-bond acceptors (Lipinski definition) is 1. The minimum absolute atomic E-state index is 0. The van der Waals surface area contributed by atoms with Gasteiger partial charge in [-0.25, -0.2) is 4.98 Å². The zero-order valence-corrected chi connectivity index (χ0v) is 9.47. The molecule has 0 spiro atoms. The van der Waals surface area contributed by atoms with Gasteiger partial charge in [0.1, 0.15) is 0 Å². The van der Waals surface area contributed by atoms with Gasteiger partial charge in [0.15, 0.2) is 0 Å². The summed E-state index contributed by atoms with van der Waals surface area (Å²) in [7, 11) is 1.97. The number of imidazole rings is 1. The van der Waals surface area contributed by atoms with Gasteiger partial charge in [0.05, 0.1) is 12.0 Å². The minimum atomic E-state index is 0. The van der Waals surface area contributed by atoms with Gasteiger partial charge in [-0.3, -0.25) is 0 Å². The van der Waals surface area contributed by atoms with Crippen molar-refractivity contribution in [2.24, 2.45) is 7.05 Å². The van der Waals surface area contributed by atoms with Gasteiger partial charge >= 0.3 is 0 Å². The molecule has 67 valence electrons. The molecule has 0 fully saturated rings. The van der Waals surface area contributed by atoms with Crippen molar-refractivity contribution in [2.75, 3.05) is 0 Å². The molecular formula is C9H15N2V-. The number of nitrogens with zero attached hydrogens (tertiary/aromatic N) is 2. The van der Waals surface area contributed by atoms with E-state index in [1.807, 2.05) is 17.8 Å². The summed E-state index contributed by atoms with van der Waals surface area (Å²) >= 11 is 0. The maximum absolute atomic E-state index is 4.14. The fourth-order valence-corrected chi connectivity index (χ4v) is 0.803. The van der Waals surface area contributed by atoms with Crippen LogP contribution in [-0.2, 0) is 25.6 Å². The van der Waals surface area contributed by atoms with Crippen molar-refractivity contribution in [3.05, 3.63) is 31.2 Å². The molecule has 0 aliphatic carbocycles. The predicted molar refractivity (Wildman–Crippen MR) is 48.9 cm³/mol. The van der Waals surface area contributed by atoms with Crippen LogP contribution >= 0.6 is 0 Å². The number of aryl methyl sites for hydroxylation is 1. The van der Waals surface area contributed by atoms with Crippen molar-refractivity contribution in [2.45, 2.75) is 13.8 Å². The van der Waals surface area contributed by atoms with E-state index in [1.54, 1.807) is 6.33 Å². The van der Waals surface area contributed by atoms with Crippen molar-refractivity contribution in [3.8, 4) is 0 Å². The second kappa shape index (κ2) is 6.10. The monoisotopic (exact) mass is 202 g/mol. The summed E-state index contributed by atoms with van der Waals surface area (Å²) in [6.45, 7) is 4.13. The Morgan fingerprint density at radius 3 is 2.42 bits per heavy atom. The first-order valence-electron chi connectivity index (χ1n) is 3.31. The molecule has 0 atom stereocenters. The Bertz CT molecular complexity index is 247. The molecule has 2 nitrogen and oxygen atoms in total. The summed E-state index contributed by atoms with van der Waals surface area (Å²) in [6.07, 6.45) is 5.85. The molecule has 0 bridgehead atoms. The summed E-state index contributed by atoms with van der Waals surface area (Å²) in [5, 5.41) is 0. The Balaban J connectivity index is 0. The number of allylic oxidation sites excluding steroid dienone is 1. The van der Waals surface area contributed by atoms with Crippen LogP contribution in [0.2, 0.25) is 0 Å². The van der Waals surface area contributed by atoms with Gasteiger partial charge < -0.3 is 12.0 Å². The maximum atomic E-state index is 4.14. The van der Waals surface area contributed by atoms with Gasteiger partial charge in [-0.15, -0.1) is 0 Å². The Labute approximate surface area is 86.6 Å². The van der Waals surface area contributed by atoms with Gasteiger partial charge in [0.2, 0.25) is 0 Å². The molecule has 0 amide bonds. The summed E-state index contributed by atoms with van der Waals surface area (Å²) in [5.74, 6) is 0. The van der Waals surface area contributed by atoms with Crippen LogP contribution in [0.3, 0.4) is 0 Å². The molecule has 0 saturated heterocycles. The smallest absolute Gasteiger partial charge is 0.0950 e. The molecule has 0 N–H and O–H groups in total. The number of rotatable bonds is 1. The van der Waals surface area contributed by atoms with E-state index in [1.165, 1.54) is 5.57 Å². The first-order valence-corrected chi connectivity index (χ1v) is 3.31. The summed E-state index contributed by atoms with van der Waals surface area (Å²) in [6, 6.07) is 0. The predicted octanol–water partition coefficient (Wildman–Crippen LogP) is 2.29. The summed E-state index contributed by atoms with van der Waals surface area (Å²) in [5.41, 5.74) is 2.31. The van der Waals surface area contributed by atoms with E-state index in [4.69, 9.17) is 0 Å². The third-order valence-electron chi connectivity index (χ3n) is 1.16. The molecule has 3 heteroatoms. The quantitative estimate of drug-likeness (QED) is 0.639. The SMILES string of the molecule is CC(C)=Cc1cn(C)cn1.[CH3-].[V]. The van der Waals surface area contributed by atoms with Crippen LogP contribution < -0.4 is 0 Å². The van der Waals surface area contributed by atoms with E-state index >= 15 is 0 Å². The second-order valence-corrected chi connectivity index (χ2v) is 2.69. The van der Waals surface area contributed by atoms with Crippen LogP contribution in [0.5, 0.6) is 0 Å². The van der Waals surface area contributed by atoms with E-state index < -0.39 is 0 Å². The van der Waals surface area contributed by atoms with Gasteiger partial charge in [0, 0.05) is 31.8 Å². The third-order valence-corrected chi connectivity index (χ3v) is 1.16. The van der Waals surface area contributed by atoms with Crippen molar-refractivity contribution in [3.63, 3.8) is 0 Å². The average molecular weight is 202 g/mol. The van der Waals surface area contributed by atoms with Crippen molar-refractivity contribution in [1.82, 2.24) is 9.55 Å². The Kier molecular flexibility index (Phi) is 7.15. The van der Waals surface area contributed by atoms with E-state index in [2.05, 4.69) is 24.9 Å². The van der Waals surface area contributed by atoms with E-state index in [9.17, 15) is 0 Å². The van der Waals surface area contributed by atoms with Gasteiger partial charge in [0.25, 0.3) is 0 Å². The molecular weight excluding hydrogens is 187 g/mol. The molecule has 1 aromatic heterocycles. The molecule has 1 aromatic rings. The molecule has 0 aliphatic heterocycles. The Morgan fingerprint density at radius 1 is 1.50 bits per heavy atom. The first kappa shape index (κ1) is 14.1. The van der Waals surface area contributed by atoms with Gasteiger partial charge in [-0.2, -0.15) is 0 Å². The molecule has 12 heavy (non-hydrogen) atoms. The first-order chi connectivity index (χ1) is 4.68. The number of aromatic nitrogens is 2. The van der Waals surface area contributed by atoms with Crippen LogP contribution in [0.15, 0.2) is 18.1 Å². The van der Waals surface area contributed by atoms with Crippen LogP contribution in [0.4, 0.5) is 0 Å². The zero-order chi connectivity index (χ0) is 7.56. The molecule has 0 aliphatic rings. The molecule has 0 unspecified atom stereocenters. The van der Waals surface area contributed by atoms with Crippen molar-refractivity contribution >= 4 is 6.08 Å². The summed E-state index contributed by atoms with van der Waals surface area (Å²) < 4.78 is 1.94. The fourth-order valence-electron chi connectivity index (χ4n) is 0.803. The fraction of sp³-hybridized carbons (Fsp3) is 0.333. The maximum Gasteiger partial charge on any atom is 0.0950 e. The largest absolute Gasteiger partial charge is 0.358 e. The van der Waals surface area contributed by atoms with Crippen LogP contribution in [0.1, 0.15) is 19.5 Å². The van der Waals surface area contributed by atoms with Crippen LogP contribution in [-0.4, -0.2) is 9.55 Å². The molecule has 1 heterocycles. The topological polar surface area (TPSA) is 17.8 Å². The van der Waals surface area contributed by atoms with E-state index in [-0.39, 0.29) is 26.0 Å². The van der Waals surface area contributed by atoms with E-state index in [0.29, 0.717) is 0 Å². The van der Waals surface area contributed by atoms with Crippen LogP contribution in [0.25, 0.3) is 6.08 Å². The molecule has 1 rings (SSSR count). The normalized spacial score (nSPS) is 7.92. The Hall–Kier alpha value is -0.466. The van der Waals surface area contributed by atoms with Crippen molar-refractivity contribution < 1.29 is 18.6 Å². The van der Waals surface area contributed by atoms with Gasteiger partial charge in [-0.05, 0) is 19.9 Å². The minimum Gasteiger partial charge on any atom is -0.358 e. The third kappa shape index (κ3) is 4.42. The van der Waals surface area contributed by atoms with Gasteiger partial charge in [-0.1, -0.05) is 5.57 Å². The molecule has 0 aromatic carbocycles. The molecule has 0 saturated carbocycles. The van der Waals surface area contributed by atoms with Crippen molar-refractivity contribution in [1.29, 1.82) is 0 Å². The molecule has 1 radical (unpaired) electrons. The van der Waals surface area contributed by atoms with E-state index in [0.717, 1.165) is 5.69 Å². The summed E-state index contributed by atoms with van der Waals surface area (Å²) in [4.78, 5) is 4.14. The average Bonchev–Trinajstić information content (AvgIpc) is 2.13.